The number of carbonyl (C=O) groups is 3. The number of rotatable bonds is 5. The molecule has 2 heterocycles. The Morgan fingerprint density at radius 2 is 1.90 bits per heavy atom. The van der Waals surface area contributed by atoms with E-state index in [1.807, 2.05) is 36.6 Å². The number of ether oxygens (including phenoxy) is 1. The van der Waals surface area contributed by atoms with Crippen LogP contribution in [0.5, 0.6) is 0 Å². The molecule has 0 radical (unpaired) electrons. The SMILES string of the molecule is C=CCN1C(=O)/C(=C\c2cc(C)n(-c3ccc(C(=O)OC)cc3)c2C)C(=O)NC1=S. The normalized spacial score (nSPS) is 15.4. The minimum atomic E-state index is -0.530. The largest absolute Gasteiger partial charge is 0.465 e. The van der Waals surface area contributed by atoms with Gasteiger partial charge in [0.1, 0.15) is 5.57 Å². The van der Waals surface area contributed by atoms with Crippen molar-refractivity contribution in [3.05, 3.63) is 71.1 Å². The van der Waals surface area contributed by atoms with Gasteiger partial charge in [0.15, 0.2) is 5.11 Å². The standard InChI is InChI=1S/C22H21N3O4S/c1-5-10-24-20(27)18(19(26)23-22(24)30)12-16-11-13(2)25(14(16)3)17-8-6-15(7-9-17)21(28)29-4/h5-9,11-12H,1,10H2,2-4H3,(H,23,26,30)/b18-12-. The van der Waals surface area contributed by atoms with Crippen molar-refractivity contribution in [2.24, 2.45) is 0 Å². The first-order valence-electron chi connectivity index (χ1n) is 9.16. The molecule has 1 fully saturated rings. The second-order valence-corrected chi connectivity index (χ2v) is 7.11. The zero-order valence-corrected chi connectivity index (χ0v) is 17.7. The van der Waals surface area contributed by atoms with Crippen LogP contribution < -0.4 is 5.32 Å². The third-order valence-corrected chi connectivity index (χ3v) is 5.14. The van der Waals surface area contributed by atoms with Crippen LogP contribution >= 0.6 is 12.2 Å². The van der Waals surface area contributed by atoms with E-state index >= 15 is 0 Å². The summed E-state index contributed by atoms with van der Waals surface area (Å²) in [6.45, 7) is 7.64. The lowest BCUT2D eigenvalue weighted by atomic mass is 10.1. The molecule has 1 aromatic carbocycles. The number of hydrogen-bond donors (Lipinski definition) is 1. The van der Waals surface area contributed by atoms with Gasteiger partial charge < -0.3 is 9.30 Å². The summed E-state index contributed by atoms with van der Waals surface area (Å²) in [6.07, 6.45) is 3.11. The van der Waals surface area contributed by atoms with Gasteiger partial charge in [0.05, 0.1) is 12.7 Å². The van der Waals surface area contributed by atoms with Crippen molar-refractivity contribution in [1.82, 2.24) is 14.8 Å². The summed E-state index contributed by atoms with van der Waals surface area (Å²) in [5.74, 6) is -1.40. The highest BCUT2D eigenvalue weighted by atomic mass is 32.1. The van der Waals surface area contributed by atoms with Gasteiger partial charge in [0.2, 0.25) is 0 Å². The van der Waals surface area contributed by atoms with Crippen LogP contribution in [0.1, 0.15) is 27.3 Å². The third-order valence-electron chi connectivity index (χ3n) is 4.81. The van der Waals surface area contributed by atoms with Gasteiger partial charge in [-0.05, 0) is 68.0 Å². The predicted octanol–water partition coefficient (Wildman–Crippen LogP) is 2.69. The molecule has 0 spiro atoms. The number of amides is 2. The molecule has 0 unspecified atom stereocenters. The molecule has 154 valence electrons. The van der Waals surface area contributed by atoms with Gasteiger partial charge in [-0.25, -0.2) is 4.79 Å². The fourth-order valence-corrected chi connectivity index (χ4v) is 3.59. The van der Waals surface area contributed by atoms with Gasteiger partial charge in [0, 0.05) is 23.6 Å². The fraction of sp³-hybridized carbons (Fsp3) is 0.182. The number of aryl methyl sites for hydroxylation is 1. The molecule has 1 aromatic heterocycles. The second-order valence-electron chi connectivity index (χ2n) is 6.72. The molecular formula is C22H21N3O4S. The van der Waals surface area contributed by atoms with Crippen LogP contribution in [-0.4, -0.2) is 46.0 Å². The van der Waals surface area contributed by atoms with E-state index in [1.165, 1.54) is 12.0 Å². The van der Waals surface area contributed by atoms with E-state index in [0.717, 1.165) is 22.6 Å². The topological polar surface area (TPSA) is 80.6 Å². The van der Waals surface area contributed by atoms with Gasteiger partial charge in [0.25, 0.3) is 11.8 Å². The van der Waals surface area contributed by atoms with E-state index in [-0.39, 0.29) is 17.2 Å². The number of thiocarbonyl (C=S) groups is 1. The van der Waals surface area contributed by atoms with E-state index in [9.17, 15) is 14.4 Å². The first-order chi connectivity index (χ1) is 14.3. The Morgan fingerprint density at radius 3 is 2.50 bits per heavy atom. The smallest absolute Gasteiger partial charge is 0.337 e. The lowest BCUT2D eigenvalue weighted by molar-refractivity contribution is -0.128. The lowest BCUT2D eigenvalue weighted by Gasteiger charge is -2.27. The molecule has 1 saturated heterocycles. The number of nitrogens with one attached hydrogen (secondary N) is 1. The van der Waals surface area contributed by atoms with Crippen LogP contribution in [0.25, 0.3) is 11.8 Å². The maximum absolute atomic E-state index is 12.8. The number of esters is 1. The molecule has 0 bridgehead atoms. The Morgan fingerprint density at radius 1 is 1.23 bits per heavy atom. The molecular weight excluding hydrogens is 402 g/mol. The van der Waals surface area contributed by atoms with Crippen molar-refractivity contribution in [3.63, 3.8) is 0 Å². The van der Waals surface area contributed by atoms with Crippen LogP contribution in [0.15, 0.2) is 48.6 Å². The van der Waals surface area contributed by atoms with E-state index in [0.29, 0.717) is 5.56 Å². The minimum absolute atomic E-state index is 0.00624. The van der Waals surface area contributed by atoms with Gasteiger partial charge >= 0.3 is 5.97 Å². The minimum Gasteiger partial charge on any atom is -0.465 e. The molecule has 2 aromatic rings. The fourth-order valence-electron chi connectivity index (χ4n) is 3.34. The number of methoxy groups -OCH3 is 1. The maximum atomic E-state index is 12.8. The third kappa shape index (κ3) is 3.81. The molecule has 0 atom stereocenters. The second kappa shape index (κ2) is 8.46. The van der Waals surface area contributed by atoms with Gasteiger partial charge in [-0.2, -0.15) is 0 Å². The summed E-state index contributed by atoms with van der Waals surface area (Å²) in [7, 11) is 1.34. The predicted molar refractivity (Wildman–Crippen MR) is 117 cm³/mol. The summed E-state index contributed by atoms with van der Waals surface area (Å²) in [6, 6.07) is 8.88. The van der Waals surface area contributed by atoms with Crippen LogP contribution in [0.2, 0.25) is 0 Å². The van der Waals surface area contributed by atoms with Crippen LogP contribution in [0.3, 0.4) is 0 Å². The van der Waals surface area contributed by atoms with Crippen molar-refractivity contribution in [2.45, 2.75) is 13.8 Å². The zero-order valence-electron chi connectivity index (χ0n) is 16.9. The molecule has 1 N–H and O–H groups in total. The van der Waals surface area contributed by atoms with Crippen LogP contribution in [0.4, 0.5) is 0 Å². The average Bonchev–Trinajstić information content (AvgIpc) is 3.01. The molecule has 2 amide bonds. The Labute approximate surface area is 179 Å². The van der Waals surface area contributed by atoms with Crippen molar-refractivity contribution in [3.8, 4) is 5.69 Å². The molecule has 7 nitrogen and oxygen atoms in total. The van der Waals surface area contributed by atoms with E-state index in [4.69, 9.17) is 17.0 Å². The molecule has 0 aliphatic carbocycles. The quantitative estimate of drug-likeness (QED) is 0.263. The first-order valence-corrected chi connectivity index (χ1v) is 9.56. The average molecular weight is 423 g/mol. The summed E-state index contributed by atoms with van der Waals surface area (Å²) < 4.78 is 6.71. The molecule has 0 saturated carbocycles. The zero-order chi connectivity index (χ0) is 22.0. The highest BCUT2D eigenvalue weighted by molar-refractivity contribution is 7.80. The summed E-state index contributed by atoms with van der Waals surface area (Å²) in [4.78, 5) is 38.1. The van der Waals surface area contributed by atoms with Gasteiger partial charge in [-0.15, -0.1) is 6.58 Å². The summed E-state index contributed by atoms with van der Waals surface area (Å²) >= 11 is 5.08. The molecule has 30 heavy (non-hydrogen) atoms. The Bertz CT molecular complexity index is 1100. The Balaban J connectivity index is 2.00. The summed E-state index contributed by atoms with van der Waals surface area (Å²) in [5, 5.41) is 2.61. The number of benzene rings is 1. The number of nitrogens with zero attached hydrogens (tertiary/aromatic N) is 2. The van der Waals surface area contributed by atoms with E-state index < -0.39 is 17.8 Å². The maximum Gasteiger partial charge on any atom is 0.337 e. The van der Waals surface area contributed by atoms with Crippen LogP contribution in [0, 0.1) is 13.8 Å². The highest BCUT2D eigenvalue weighted by Gasteiger charge is 2.32. The monoisotopic (exact) mass is 423 g/mol. The van der Waals surface area contributed by atoms with E-state index in [2.05, 4.69) is 11.9 Å². The first kappa shape index (κ1) is 21.2. The van der Waals surface area contributed by atoms with Crippen molar-refractivity contribution < 1.29 is 19.1 Å². The van der Waals surface area contributed by atoms with Crippen LogP contribution in [-0.2, 0) is 14.3 Å². The Hall–Kier alpha value is -3.52. The number of aromatic nitrogens is 1. The van der Waals surface area contributed by atoms with Crippen molar-refractivity contribution in [1.29, 1.82) is 0 Å². The molecule has 1 aliphatic rings. The molecule has 8 heteroatoms. The highest BCUT2D eigenvalue weighted by Crippen LogP contribution is 2.24. The Kier molecular flexibility index (Phi) is 5.98. The van der Waals surface area contributed by atoms with E-state index in [1.54, 1.807) is 24.3 Å². The lowest BCUT2D eigenvalue weighted by Crippen LogP contribution is -2.53. The van der Waals surface area contributed by atoms with Gasteiger partial charge in [-0.1, -0.05) is 6.08 Å². The summed E-state index contributed by atoms with van der Waals surface area (Å²) in [5.41, 5.74) is 3.79. The molecule has 1 aliphatic heterocycles. The van der Waals surface area contributed by atoms with Crippen molar-refractivity contribution >= 4 is 41.2 Å². The number of carbonyl (C=O) groups excluding carboxylic acids is 3. The van der Waals surface area contributed by atoms with Crippen molar-refractivity contribution in [2.75, 3.05) is 13.7 Å². The van der Waals surface area contributed by atoms with Gasteiger partial charge in [-0.3, -0.25) is 19.8 Å². The number of hydrogen-bond acceptors (Lipinski definition) is 5. The molecule has 3 rings (SSSR count).